The molecule has 0 amide bonds. The van der Waals surface area contributed by atoms with E-state index in [1.54, 1.807) is 11.3 Å². The number of rotatable bonds is 4. The first-order valence-corrected chi connectivity index (χ1v) is 15.1. The second-order valence-corrected chi connectivity index (χ2v) is 12.0. The molecule has 7 heteroatoms. The molecule has 5 nitrogen and oxygen atoms in total. The van der Waals surface area contributed by atoms with E-state index in [2.05, 4.69) is 85.6 Å². The van der Waals surface area contributed by atoms with Gasteiger partial charge in [-0.3, -0.25) is 4.79 Å². The molecule has 0 spiro atoms. The van der Waals surface area contributed by atoms with Crippen molar-refractivity contribution in [3.8, 4) is 32.8 Å². The molecular formula is C38H31IrN2O3S-. The number of hydrogen-bond donors (Lipinski definition) is 1. The number of aliphatic hydroxyl groups excluding tert-OH is 1. The van der Waals surface area contributed by atoms with Crippen LogP contribution in [0.3, 0.4) is 0 Å². The summed E-state index contributed by atoms with van der Waals surface area (Å²) < 4.78 is 7.38. The Morgan fingerprint density at radius 3 is 2.29 bits per heavy atom. The second-order valence-electron chi connectivity index (χ2n) is 11.0. The minimum absolute atomic E-state index is 0. The number of aliphatic hydroxyl groups is 1. The van der Waals surface area contributed by atoms with E-state index >= 15 is 0 Å². The van der Waals surface area contributed by atoms with Crippen LogP contribution < -0.4 is 0 Å². The SMILES string of the molecule is CC(=O)/C=C(/C)O.Cc1ccc2c(n1)oc1c(-c3cc4sc(-c5ccc(-c6c(C)cccc6C)cc5)cc4cn3)[c-]ccc12.[Ir]. The average Bonchev–Trinajstić information content (AvgIpc) is 3.57. The minimum Gasteiger partial charge on any atom is -0.512 e. The average molecular weight is 788 g/mol. The second kappa shape index (κ2) is 13.3. The Bertz CT molecular complexity index is 2190. The Balaban J connectivity index is 0.000000452. The van der Waals surface area contributed by atoms with Crippen LogP contribution in [0.2, 0.25) is 0 Å². The van der Waals surface area contributed by atoms with Gasteiger partial charge in [0.15, 0.2) is 5.78 Å². The monoisotopic (exact) mass is 788 g/mol. The summed E-state index contributed by atoms with van der Waals surface area (Å²) in [7, 11) is 0. The number of carbonyl (C=O) groups is 1. The van der Waals surface area contributed by atoms with Crippen molar-refractivity contribution in [1.29, 1.82) is 0 Å². The molecule has 0 saturated heterocycles. The summed E-state index contributed by atoms with van der Waals surface area (Å²) in [5.41, 5.74) is 10.5. The van der Waals surface area contributed by atoms with E-state index < -0.39 is 0 Å². The number of aryl methyl sites for hydroxylation is 3. The summed E-state index contributed by atoms with van der Waals surface area (Å²) in [5, 5.41) is 11.5. The Hall–Kier alpha value is -4.42. The van der Waals surface area contributed by atoms with Gasteiger partial charge in [0.2, 0.25) is 5.71 Å². The summed E-state index contributed by atoms with van der Waals surface area (Å²) in [6.45, 7) is 9.17. The van der Waals surface area contributed by atoms with Crippen molar-refractivity contribution in [2.45, 2.75) is 34.6 Å². The Morgan fingerprint density at radius 2 is 1.62 bits per heavy atom. The summed E-state index contributed by atoms with van der Waals surface area (Å²) in [4.78, 5) is 20.6. The molecule has 4 heterocycles. The number of aromatic nitrogens is 2. The van der Waals surface area contributed by atoms with Crippen LogP contribution in [0, 0.1) is 26.8 Å². The number of furan rings is 1. The largest absolute Gasteiger partial charge is 0.512 e. The number of benzene rings is 3. The maximum atomic E-state index is 10.0. The predicted octanol–water partition coefficient (Wildman–Crippen LogP) is 10.4. The van der Waals surface area contributed by atoms with Gasteiger partial charge in [-0.25, -0.2) is 4.98 Å². The van der Waals surface area contributed by atoms with E-state index in [0.29, 0.717) is 5.71 Å². The van der Waals surface area contributed by atoms with Gasteiger partial charge in [0.05, 0.1) is 11.3 Å². The van der Waals surface area contributed by atoms with Crippen molar-refractivity contribution >= 4 is 49.3 Å². The molecule has 4 aromatic heterocycles. The van der Waals surface area contributed by atoms with Crippen LogP contribution in [0.4, 0.5) is 0 Å². The minimum atomic E-state index is -0.125. The molecule has 0 atom stereocenters. The summed E-state index contributed by atoms with van der Waals surface area (Å²) in [5.74, 6) is -0.0625. The first-order chi connectivity index (χ1) is 21.2. The molecule has 227 valence electrons. The maximum Gasteiger partial charge on any atom is 0.216 e. The Kier molecular flexibility index (Phi) is 9.45. The van der Waals surface area contributed by atoms with Gasteiger partial charge in [-0.05, 0) is 86.3 Å². The zero-order chi connectivity index (χ0) is 31.0. The van der Waals surface area contributed by atoms with E-state index in [1.165, 1.54) is 57.3 Å². The molecule has 1 radical (unpaired) electrons. The third kappa shape index (κ3) is 6.66. The summed E-state index contributed by atoms with van der Waals surface area (Å²) in [6.07, 6.45) is 3.12. The third-order valence-corrected chi connectivity index (χ3v) is 8.59. The molecule has 7 rings (SSSR count). The van der Waals surface area contributed by atoms with Gasteiger partial charge in [-0.15, -0.1) is 29.5 Å². The fraction of sp³-hybridized carbons (Fsp3) is 0.132. The fourth-order valence-corrected chi connectivity index (χ4v) is 6.56. The van der Waals surface area contributed by atoms with Crippen LogP contribution >= 0.6 is 11.3 Å². The van der Waals surface area contributed by atoms with Crippen LogP contribution in [0.5, 0.6) is 0 Å². The molecule has 0 unspecified atom stereocenters. The maximum absolute atomic E-state index is 10.0. The van der Waals surface area contributed by atoms with E-state index in [9.17, 15) is 4.79 Å². The Labute approximate surface area is 279 Å². The van der Waals surface area contributed by atoms with Crippen molar-refractivity contribution in [2.24, 2.45) is 0 Å². The first-order valence-electron chi connectivity index (χ1n) is 14.3. The molecule has 7 aromatic rings. The topological polar surface area (TPSA) is 76.2 Å². The number of thiophene rings is 1. The molecule has 0 saturated carbocycles. The van der Waals surface area contributed by atoms with Crippen LogP contribution in [0.25, 0.3) is 65.0 Å². The van der Waals surface area contributed by atoms with Gasteiger partial charge < -0.3 is 14.5 Å². The zero-order valence-electron chi connectivity index (χ0n) is 25.6. The van der Waals surface area contributed by atoms with E-state index in [1.807, 2.05) is 31.3 Å². The molecule has 0 aliphatic rings. The van der Waals surface area contributed by atoms with Gasteiger partial charge in [-0.1, -0.05) is 59.5 Å². The number of fused-ring (bicyclic) bond motifs is 4. The number of nitrogens with zero attached hydrogens (tertiary/aromatic N) is 2. The number of ketones is 1. The number of carbonyl (C=O) groups excluding carboxylic acids is 1. The van der Waals surface area contributed by atoms with Crippen molar-refractivity contribution < 1.29 is 34.4 Å². The number of hydrogen-bond acceptors (Lipinski definition) is 6. The summed E-state index contributed by atoms with van der Waals surface area (Å²) >= 11 is 1.78. The molecule has 1 N–H and O–H groups in total. The van der Waals surface area contributed by atoms with Crippen LogP contribution in [-0.4, -0.2) is 20.9 Å². The molecular weight excluding hydrogens is 757 g/mol. The van der Waals surface area contributed by atoms with Crippen LogP contribution in [0.15, 0.2) is 101 Å². The van der Waals surface area contributed by atoms with Gasteiger partial charge >= 0.3 is 0 Å². The molecule has 45 heavy (non-hydrogen) atoms. The van der Waals surface area contributed by atoms with Crippen LogP contribution in [0.1, 0.15) is 30.7 Å². The van der Waals surface area contributed by atoms with E-state index in [-0.39, 0.29) is 31.6 Å². The molecule has 0 fully saturated rings. The number of allylic oxidation sites excluding steroid dienone is 2. The van der Waals surface area contributed by atoms with Gasteiger partial charge in [0, 0.05) is 58.4 Å². The van der Waals surface area contributed by atoms with Crippen molar-refractivity contribution in [1.82, 2.24) is 9.97 Å². The fourth-order valence-electron chi connectivity index (χ4n) is 5.48. The van der Waals surface area contributed by atoms with Gasteiger partial charge in [0.25, 0.3) is 0 Å². The van der Waals surface area contributed by atoms with Crippen molar-refractivity contribution in [3.63, 3.8) is 0 Å². The molecule has 0 bridgehead atoms. The van der Waals surface area contributed by atoms with Gasteiger partial charge in [-0.2, -0.15) is 0 Å². The molecule has 0 aliphatic heterocycles. The standard InChI is InChI=1S/C33H23N2OS.C5H8O2.Ir/c1-19-6-4-7-20(2)31(19)23-13-11-22(12-14-23)29-16-24-18-34-28(17-30(24)37-29)27-9-5-8-25-26-15-10-21(3)35-33(26)36-32(25)27;1-4(6)3-5(2)7;/h4-8,10-18H,1-3H3;3,6H,1-2H3;/q-1;;/b;4-3-;. The predicted molar refractivity (Wildman–Crippen MR) is 181 cm³/mol. The third-order valence-electron chi connectivity index (χ3n) is 7.45. The quantitative estimate of drug-likeness (QED) is 0.109. The zero-order valence-corrected chi connectivity index (χ0v) is 28.8. The first kappa shape index (κ1) is 32.0. The smallest absolute Gasteiger partial charge is 0.216 e. The van der Waals surface area contributed by atoms with E-state index in [4.69, 9.17) is 14.5 Å². The Morgan fingerprint density at radius 1 is 0.911 bits per heavy atom. The van der Waals surface area contributed by atoms with Crippen molar-refractivity contribution in [2.75, 3.05) is 0 Å². The van der Waals surface area contributed by atoms with Gasteiger partial charge in [0.1, 0.15) is 0 Å². The molecule has 0 aliphatic carbocycles. The number of pyridine rings is 2. The van der Waals surface area contributed by atoms with E-state index in [0.717, 1.165) is 38.7 Å². The molecule has 3 aromatic carbocycles. The normalized spacial score (nSPS) is 11.4. The van der Waals surface area contributed by atoms with Crippen LogP contribution in [-0.2, 0) is 24.9 Å². The van der Waals surface area contributed by atoms with Crippen molar-refractivity contribution in [3.05, 3.63) is 120 Å². The summed E-state index contributed by atoms with van der Waals surface area (Å²) in [6, 6.07) is 31.1.